The first-order chi connectivity index (χ1) is 10.2. The van der Waals surface area contributed by atoms with Gasteiger partial charge in [-0.25, -0.2) is 0 Å². The summed E-state index contributed by atoms with van der Waals surface area (Å²) in [6.45, 7) is 5.78. The van der Waals surface area contributed by atoms with Gasteiger partial charge in [-0.1, -0.05) is 38.1 Å². The van der Waals surface area contributed by atoms with E-state index in [1.54, 1.807) is 12.1 Å². The first kappa shape index (κ1) is 15.4. The summed E-state index contributed by atoms with van der Waals surface area (Å²) in [5.41, 5.74) is 2.33. The van der Waals surface area contributed by atoms with E-state index < -0.39 is 0 Å². The lowest BCUT2D eigenvalue weighted by atomic mass is 10.0. The van der Waals surface area contributed by atoms with Crippen LogP contribution >= 0.6 is 0 Å². The van der Waals surface area contributed by atoms with Gasteiger partial charge in [0.1, 0.15) is 18.1 Å². The molecule has 0 amide bonds. The maximum absolute atomic E-state index is 9.24. The number of ether oxygens (including phenoxy) is 1. The highest BCUT2D eigenvalue weighted by Crippen LogP contribution is 2.21. The number of phenols is 1. The minimum absolute atomic E-state index is 0.275. The molecule has 0 aromatic heterocycles. The van der Waals surface area contributed by atoms with Gasteiger partial charge in [0.25, 0.3) is 0 Å². The van der Waals surface area contributed by atoms with Gasteiger partial charge in [-0.15, -0.1) is 0 Å². The highest BCUT2D eigenvalue weighted by atomic mass is 16.5. The largest absolute Gasteiger partial charge is 0.508 e. The second kappa shape index (κ2) is 7.70. The predicted molar refractivity (Wildman–Crippen MR) is 85.6 cm³/mol. The van der Waals surface area contributed by atoms with Gasteiger partial charge in [-0.05, 0) is 48.4 Å². The van der Waals surface area contributed by atoms with Crippen LogP contribution in [0.5, 0.6) is 11.5 Å². The third kappa shape index (κ3) is 4.50. The van der Waals surface area contributed by atoms with E-state index in [1.165, 1.54) is 5.56 Å². The molecule has 0 aliphatic heterocycles. The third-order valence-corrected chi connectivity index (χ3v) is 3.48. The zero-order valence-electron chi connectivity index (χ0n) is 12.7. The SMILES string of the molecule is CCNC(CC)c1ccc(OCc2ccc(O)cc2)cc1. The van der Waals surface area contributed by atoms with E-state index in [4.69, 9.17) is 4.74 Å². The summed E-state index contributed by atoms with van der Waals surface area (Å²) in [6.07, 6.45) is 1.07. The molecule has 0 radical (unpaired) electrons. The van der Waals surface area contributed by atoms with E-state index in [9.17, 15) is 5.11 Å². The second-order valence-electron chi connectivity index (χ2n) is 5.04. The molecule has 0 aliphatic rings. The van der Waals surface area contributed by atoms with Crippen molar-refractivity contribution in [3.63, 3.8) is 0 Å². The van der Waals surface area contributed by atoms with Gasteiger partial charge in [0.15, 0.2) is 0 Å². The van der Waals surface area contributed by atoms with Crippen LogP contribution in [-0.4, -0.2) is 11.7 Å². The van der Waals surface area contributed by atoms with Crippen LogP contribution in [0.1, 0.15) is 37.4 Å². The maximum atomic E-state index is 9.24. The number of hydrogen-bond donors (Lipinski definition) is 2. The van der Waals surface area contributed by atoms with Crippen molar-refractivity contribution in [2.45, 2.75) is 32.9 Å². The number of hydrogen-bond acceptors (Lipinski definition) is 3. The van der Waals surface area contributed by atoms with Crippen LogP contribution in [0.15, 0.2) is 48.5 Å². The molecule has 0 aliphatic carbocycles. The van der Waals surface area contributed by atoms with Gasteiger partial charge < -0.3 is 15.2 Å². The number of benzene rings is 2. The Morgan fingerprint density at radius 2 is 1.67 bits per heavy atom. The summed E-state index contributed by atoms with van der Waals surface area (Å²) >= 11 is 0. The van der Waals surface area contributed by atoms with Crippen LogP contribution in [-0.2, 0) is 6.61 Å². The Labute approximate surface area is 126 Å². The summed E-state index contributed by atoms with van der Waals surface area (Å²) < 4.78 is 5.76. The van der Waals surface area contributed by atoms with Crippen molar-refractivity contribution in [3.8, 4) is 11.5 Å². The lowest BCUT2D eigenvalue weighted by Gasteiger charge is -2.16. The Hall–Kier alpha value is -2.00. The number of aromatic hydroxyl groups is 1. The molecule has 0 heterocycles. The molecule has 112 valence electrons. The van der Waals surface area contributed by atoms with Gasteiger partial charge in [-0.2, -0.15) is 0 Å². The molecule has 21 heavy (non-hydrogen) atoms. The molecule has 0 bridgehead atoms. The molecule has 1 unspecified atom stereocenters. The molecule has 0 spiro atoms. The highest BCUT2D eigenvalue weighted by Gasteiger charge is 2.07. The second-order valence-corrected chi connectivity index (χ2v) is 5.04. The molecule has 0 saturated carbocycles. The minimum Gasteiger partial charge on any atom is -0.508 e. The molecular weight excluding hydrogens is 262 g/mol. The molecule has 2 rings (SSSR count). The molecule has 0 fully saturated rings. The molecule has 3 nitrogen and oxygen atoms in total. The lowest BCUT2D eigenvalue weighted by Crippen LogP contribution is -2.19. The topological polar surface area (TPSA) is 41.5 Å². The van der Waals surface area contributed by atoms with Crippen molar-refractivity contribution < 1.29 is 9.84 Å². The molecule has 1 atom stereocenters. The summed E-state index contributed by atoms with van der Waals surface area (Å²) in [5, 5.41) is 12.7. The van der Waals surface area contributed by atoms with Gasteiger partial charge in [-0.3, -0.25) is 0 Å². The van der Waals surface area contributed by atoms with Crippen molar-refractivity contribution in [3.05, 3.63) is 59.7 Å². The van der Waals surface area contributed by atoms with Gasteiger partial charge in [0, 0.05) is 6.04 Å². The van der Waals surface area contributed by atoms with Crippen LogP contribution in [0.4, 0.5) is 0 Å². The number of rotatable bonds is 7. The average Bonchev–Trinajstić information content (AvgIpc) is 2.53. The van der Waals surface area contributed by atoms with Crippen molar-refractivity contribution >= 4 is 0 Å². The fraction of sp³-hybridized carbons (Fsp3) is 0.333. The molecular formula is C18H23NO2. The summed E-state index contributed by atoms with van der Waals surface area (Å²) in [7, 11) is 0. The lowest BCUT2D eigenvalue weighted by molar-refractivity contribution is 0.306. The summed E-state index contributed by atoms with van der Waals surface area (Å²) in [4.78, 5) is 0. The van der Waals surface area contributed by atoms with Crippen LogP contribution in [0.3, 0.4) is 0 Å². The highest BCUT2D eigenvalue weighted by molar-refractivity contribution is 5.30. The Bertz CT molecular complexity index is 534. The van der Waals surface area contributed by atoms with E-state index in [-0.39, 0.29) is 5.75 Å². The van der Waals surface area contributed by atoms with Gasteiger partial charge in [0.2, 0.25) is 0 Å². The normalized spacial score (nSPS) is 12.1. The predicted octanol–water partition coefficient (Wildman–Crippen LogP) is 4.03. The standard InChI is InChI=1S/C18H23NO2/c1-3-18(19-4-2)15-7-11-17(12-8-15)21-13-14-5-9-16(20)10-6-14/h5-12,18-20H,3-4,13H2,1-2H3. The van der Waals surface area contributed by atoms with Crippen LogP contribution in [0.25, 0.3) is 0 Å². The quantitative estimate of drug-likeness (QED) is 0.807. The Balaban J connectivity index is 1.94. The fourth-order valence-electron chi connectivity index (χ4n) is 2.30. The average molecular weight is 285 g/mol. The minimum atomic E-state index is 0.275. The van der Waals surface area contributed by atoms with Crippen molar-refractivity contribution in [2.75, 3.05) is 6.54 Å². The van der Waals surface area contributed by atoms with E-state index in [0.29, 0.717) is 12.6 Å². The molecule has 2 aromatic carbocycles. The smallest absolute Gasteiger partial charge is 0.119 e. The molecule has 0 saturated heterocycles. The molecule has 2 N–H and O–H groups in total. The van der Waals surface area contributed by atoms with Crippen LogP contribution < -0.4 is 10.1 Å². The van der Waals surface area contributed by atoms with E-state index >= 15 is 0 Å². The maximum Gasteiger partial charge on any atom is 0.119 e. The number of phenolic OH excluding ortho intramolecular Hbond substituents is 1. The van der Waals surface area contributed by atoms with E-state index in [1.807, 2.05) is 24.3 Å². The zero-order chi connectivity index (χ0) is 15.1. The molecule has 3 heteroatoms. The summed E-state index contributed by atoms with van der Waals surface area (Å²) in [6, 6.07) is 15.7. The summed E-state index contributed by atoms with van der Waals surface area (Å²) in [5.74, 6) is 1.13. The van der Waals surface area contributed by atoms with E-state index in [0.717, 1.165) is 24.3 Å². The molecule has 2 aromatic rings. The zero-order valence-corrected chi connectivity index (χ0v) is 12.7. The van der Waals surface area contributed by atoms with Crippen LogP contribution in [0, 0.1) is 0 Å². The van der Waals surface area contributed by atoms with Crippen LogP contribution in [0.2, 0.25) is 0 Å². The third-order valence-electron chi connectivity index (χ3n) is 3.48. The van der Waals surface area contributed by atoms with Crippen molar-refractivity contribution in [2.24, 2.45) is 0 Å². The Morgan fingerprint density at radius 3 is 2.24 bits per heavy atom. The van der Waals surface area contributed by atoms with E-state index in [2.05, 4.69) is 31.3 Å². The van der Waals surface area contributed by atoms with Crippen molar-refractivity contribution in [1.82, 2.24) is 5.32 Å². The van der Waals surface area contributed by atoms with Gasteiger partial charge >= 0.3 is 0 Å². The monoisotopic (exact) mass is 285 g/mol. The van der Waals surface area contributed by atoms with Crippen molar-refractivity contribution in [1.29, 1.82) is 0 Å². The fourth-order valence-corrected chi connectivity index (χ4v) is 2.30. The number of nitrogens with one attached hydrogen (secondary N) is 1. The van der Waals surface area contributed by atoms with Gasteiger partial charge in [0.05, 0.1) is 0 Å². The Kier molecular flexibility index (Phi) is 5.64. The first-order valence-electron chi connectivity index (χ1n) is 7.47. The first-order valence-corrected chi connectivity index (χ1v) is 7.47. The Morgan fingerprint density at radius 1 is 1.00 bits per heavy atom.